The SMILES string of the molecule is COCC1c2cc(C(C)(C)C)ccc2-c2ccc(C(C)(C)C)cc21. The Labute approximate surface area is 147 Å². The van der Waals surface area contributed by atoms with Crippen molar-refractivity contribution in [2.24, 2.45) is 0 Å². The summed E-state index contributed by atoms with van der Waals surface area (Å²) in [6, 6.07) is 14.0. The summed E-state index contributed by atoms with van der Waals surface area (Å²) in [4.78, 5) is 0. The molecule has 0 fully saturated rings. The second-order valence-corrected chi connectivity index (χ2v) is 9.11. The monoisotopic (exact) mass is 322 g/mol. The summed E-state index contributed by atoms with van der Waals surface area (Å²) in [6.07, 6.45) is 0. The van der Waals surface area contributed by atoms with Gasteiger partial charge in [-0.05, 0) is 44.2 Å². The minimum atomic E-state index is 0.165. The van der Waals surface area contributed by atoms with Crippen LogP contribution in [0.4, 0.5) is 0 Å². The maximum atomic E-state index is 5.59. The van der Waals surface area contributed by atoms with Gasteiger partial charge in [0, 0.05) is 13.0 Å². The third kappa shape index (κ3) is 2.91. The quantitative estimate of drug-likeness (QED) is 0.655. The van der Waals surface area contributed by atoms with Crippen LogP contribution in [0.2, 0.25) is 0 Å². The highest BCUT2D eigenvalue weighted by molar-refractivity contribution is 5.80. The van der Waals surface area contributed by atoms with Crippen LogP contribution in [0.5, 0.6) is 0 Å². The normalized spacial score (nSPS) is 14.6. The Hall–Kier alpha value is -1.60. The number of hydrogen-bond donors (Lipinski definition) is 0. The molecule has 0 atom stereocenters. The van der Waals surface area contributed by atoms with Crippen molar-refractivity contribution in [3.8, 4) is 11.1 Å². The molecule has 0 N–H and O–H groups in total. The molecule has 2 aromatic carbocycles. The van der Waals surface area contributed by atoms with E-state index < -0.39 is 0 Å². The lowest BCUT2D eigenvalue weighted by atomic mass is 9.83. The summed E-state index contributed by atoms with van der Waals surface area (Å²) in [5.74, 6) is 0.338. The van der Waals surface area contributed by atoms with E-state index in [9.17, 15) is 0 Å². The second-order valence-electron chi connectivity index (χ2n) is 9.11. The van der Waals surface area contributed by atoms with Gasteiger partial charge in [-0.1, -0.05) is 77.9 Å². The smallest absolute Gasteiger partial charge is 0.0572 e. The van der Waals surface area contributed by atoms with Gasteiger partial charge in [0.05, 0.1) is 6.61 Å². The van der Waals surface area contributed by atoms with Gasteiger partial charge >= 0.3 is 0 Å². The van der Waals surface area contributed by atoms with Crippen LogP contribution in [-0.2, 0) is 15.6 Å². The molecule has 2 aromatic rings. The van der Waals surface area contributed by atoms with E-state index in [2.05, 4.69) is 77.9 Å². The van der Waals surface area contributed by atoms with E-state index in [0.29, 0.717) is 5.92 Å². The first-order chi connectivity index (χ1) is 11.1. The van der Waals surface area contributed by atoms with Crippen LogP contribution in [0.3, 0.4) is 0 Å². The Morgan fingerprint density at radius 3 is 1.50 bits per heavy atom. The van der Waals surface area contributed by atoms with Crippen molar-refractivity contribution in [1.29, 1.82) is 0 Å². The molecule has 0 radical (unpaired) electrons. The topological polar surface area (TPSA) is 9.23 Å². The van der Waals surface area contributed by atoms with Gasteiger partial charge in [-0.3, -0.25) is 0 Å². The number of benzene rings is 2. The first kappa shape index (κ1) is 17.2. The molecule has 1 heteroatoms. The van der Waals surface area contributed by atoms with Crippen LogP contribution >= 0.6 is 0 Å². The van der Waals surface area contributed by atoms with Gasteiger partial charge < -0.3 is 4.74 Å². The molecule has 0 aromatic heterocycles. The summed E-state index contributed by atoms with van der Waals surface area (Å²) < 4.78 is 5.59. The van der Waals surface area contributed by atoms with Crippen molar-refractivity contribution in [3.63, 3.8) is 0 Å². The molecular formula is C23H30O. The van der Waals surface area contributed by atoms with Crippen LogP contribution in [-0.4, -0.2) is 13.7 Å². The van der Waals surface area contributed by atoms with Crippen molar-refractivity contribution < 1.29 is 4.74 Å². The van der Waals surface area contributed by atoms with Crippen molar-refractivity contribution >= 4 is 0 Å². The molecule has 0 heterocycles. The molecule has 1 aliphatic rings. The second kappa shape index (κ2) is 5.74. The summed E-state index contributed by atoms with van der Waals surface area (Å²) in [7, 11) is 1.80. The standard InChI is InChI=1S/C23H30O/c1-22(2,3)15-8-10-17-18-11-9-16(23(4,5)6)13-20(18)21(14-24-7)19(17)12-15/h8-13,21H,14H2,1-7H3. The molecule has 1 aliphatic carbocycles. The van der Waals surface area contributed by atoms with Gasteiger partial charge in [-0.25, -0.2) is 0 Å². The maximum absolute atomic E-state index is 5.59. The molecule has 24 heavy (non-hydrogen) atoms. The molecule has 128 valence electrons. The predicted molar refractivity (Wildman–Crippen MR) is 103 cm³/mol. The van der Waals surface area contributed by atoms with E-state index >= 15 is 0 Å². The average molecular weight is 322 g/mol. The van der Waals surface area contributed by atoms with Gasteiger partial charge in [0.1, 0.15) is 0 Å². The molecule has 0 spiro atoms. The number of methoxy groups -OCH3 is 1. The number of hydrogen-bond acceptors (Lipinski definition) is 1. The minimum Gasteiger partial charge on any atom is -0.384 e. The van der Waals surface area contributed by atoms with Gasteiger partial charge in [0.15, 0.2) is 0 Å². The van der Waals surface area contributed by atoms with Gasteiger partial charge in [0.2, 0.25) is 0 Å². The van der Waals surface area contributed by atoms with Crippen LogP contribution in [0.15, 0.2) is 36.4 Å². The zero-order valence-electron chi connectivity index (χ0n) is 16.2. The fourth-order valence-corrected chi connectivity index (χ4v) is 3.64. The Bertz CT molecular complexity index is 693. The first-order valence-electron chi connectivity index (χ1n) is 8.91. The fraction of sp³-hybridized carbons (Fsp3) is 0.478. The van der Waals surface area contributed by atoms with Gasteiger partial charge in [-0.2, -0.15) is 0 Å². The first-order valence-corrected chi connectivity index (χ1v) is 8.91. The molecule has 0 amide bonds. The van der Waals surface area contributed by atoms with E-state index in [1.54, 1.807) is 7.11 Å². The lowest BCUT2D eigenvalue weighted by Crippen LogP contribution is -2.13. The molecule has 0 unspecified atom stereocenters. The van der Waals surface area contributed by atoms with Crippen LogP contribution in [0.25, 0.3) is 11.1 Å². The highest BCUT2D eigenvalue weighted by atomic mass is 16.5. The molecule has 3 rings (SSSR count). The minimum absolute atomic E-state index is 0.165. The lowest BCUT2D eigenvalue weighted by molar-refractivity contribution is 0.190. The largest absolute Gasteiger partial charge is 0.384 e. The zero-order chi connectivity index (χ0) is 17.7. The summed E-state index contributed by atoms with van der Waals surface area (Å²) in [6.45, 7) is 14.4. The molecule has 0 aliphatic heterocycles. The maximum Gasteiger partial charge on any atom is 0.0572 e. The highest BCUT2D eigenvalue weighted by Crippen LogP contribution is 2.47. The number of ether oxygens (including phenoxy) is 1. The summed E-state index contributed by atoms with van der Waals surface area (Å²) in [5.41, 5.74) is 8.71. The van der Waals surface area contributed by atoms with Gasteiger partial charge in [0.25, 0.3) is 0 Å². The van der Waals surface area contributed by atoms with E-state index in [1.807, 2.05) is 0 Å². The zero-order valence-corrected chi connectivity index (χ0v) is 16.2. The summed E-state index contributed by atoms with van der Waals surface area (Å²) >= 11 is 0. The van der Waals surface area contributed by atoms with Crippen molar-refractivity contribution in [3.05, 3.63) is 58.7 Å². The van der Waals surface area contributed by atoms with Crippen molar-refractivity contribution in [2.75, 3.05) is 13.7 Å². The molecule has 0 bridgehead atoms. The Kier molecular flexibility index (Phi) is 4.12. The third-order valence-corrected chi connectivity index (χ3v) is 5.21. The molecular weight excluding hydrogens is 292 g/mol. The number of fused-ring (bicyclic) bond motifs is 3. The Morgan fingerprint density at radius 2 is 1.17 bits per heavy atom. The molecule has 0 saturated carbocycles. The van der Waals surface area contributed by atoms with E-state index in [1.165, 1.54) is 33.4 Å². The number of rotatable bonds is 2. The van der Waals surface area contributed by atoms with E-state index in [4.69, 9.17) is 4.74 Å². The Balaban J connectivity index is 2.17. The van der Waals surface area contributed by atoms with E-state index in [-0.39, 0.29) is 10.8 Å². The molecule has 0 saturated heterocycles. The van der Waals surface area contributed by atoms with Crippen LogP contribution in [0, 0.1) is 0 Å². The fourth-order valence-electron chi connectivity index (χ4n) is 3.64. The van der Waals surface area contributed by atoms with E-state index in [0.717, 1.165) is 6.61 Å². The average Bonchev–Trinajstić information content (AvgIpc) is 2.79. The third-order valence-electron chi connectivity index (χ3n) is 5.21. The predicted octanol–water partition coefficient (Wildman–Crippen LogP) is 6.04. The van der Waals surface area contributed by atoms with Crippen molar-refractivity contribution in [2.45, 2.75) is 58.3 Å². The van der Waals surface area contributed by atoms with Gasteiger partial charge in [-0.15, -0.1) is 0 Å². The summed E-state index contributed by atoms with van der Waals surface area (Å²) in [5, 5.41) is 0. The highest BCUT2D eigenvalue weighted by Gasteiger charge is 2.31. The van der Waals surface area contributed by atoms with Crippen LogP contribution < -0.4 is 0 Å². The van der Waals surface area contributed by atoms with Crippen molar-refractivity contribution in [1.82, 2.24) is 0 Å². The lowest BCUT2D eigenvalue weighted by Gasteiger charge is -2.22. The van der Waals surface area contributed by atoms with Crippen LogP contribution in [0.1, 0.15) is 69.7 Å². The molecule has 1 nitrogen and oxygen atoms in total. The Morgan fingerprint density at radius 1 is 0.750 bits per heavy atom.